The molecule has 0 saturated heterocycles. The van der Waals surface area contributed by atoms with Crippen molar-refractivity contribution in [3.8, 4) is 0 Å². The molecule has 88 valence electrons. The van der Waals surface area contributed by atoms with Gasteiger partial charge in [0.25, 0.3) is 5.56 Å². The van der Waals surface area contributed by atoms with Crippen molar-refractivity contribution in [3.63, 3.8) is 0 Å². The van der Waals surface area contributed by atoms with E-state index in [0.29, 0.717) is 12.6 Å². The van der Waals surface area contributed by atoms with Crippen molar-refractivity contribution in [3.05, 3.63) is 33.2 Å². The summed E-state index contributed by atoms with van der Waals surface area (Å²) in [4.78, 5) is 14.6. The number of aryl methyl sites for hydroxylation is 2. The number of rotatable bonds is 3. The molecule has 2 rings (SSSR count). The zero-order valence-electron chi connectivity index (χ0n) is 10.1. The SMILES string of the molecule is Cc1cc(C)c(CNC2CCCC2)c(=O)[nH]1. The summed E-state index contributed by atoms with van der Waals surface area (Å²) < 4.78 is 0. The van der Waals surface area contributed by atoms with Gasteiger partial charge in [0.1, 0.15) is 0 Å². The Morgan fingerprint density at radius 2 is 2.06 bits per heavy atom. The molecule has 16 heavy (non-hydrogen) atoms. The van der Waals surface area contributed by atoms with Gasteiger partial charge in [-0.3, -0.25) is 4.79 Å². The van der Waals surface area contributed by atoms with Gasteiger partial charge in [-0.15, -0.1) is 0 Å². The van der Waals surface area contributed by atoms with Gasteiger partial charge in [-0.1, -0.05) is 12.8 Å². The molecule has 1 aliphatic rings. The highest BCUT2D eigenvalue weighted by atomic mass is 16.1. The summed E-state index contributed by atoms with van der Waals surface area (Å²) in [7, 11) is 0. The summed E-state index contributed by atoms with van der Waals surface area (Å²) in [6, 6.07) is 2.65. The summed E-state index contributed by atoms with van der Waals surface area (Å²) in [5, 5.41) is 3.48. The van der Waals surface area contributed by atoms with E-state index >= 15 is 0 Å². The quantitative estimate of drug-likeness (QED) is 0.818. The molecular formula is C13H20N2O. The lowest BCUT2D eigenvalue weighted by Gasteiger charge is -2.12. The zero-order valence-corrected chi connectivity index (χ0v) is 10.1. The number of H-pyrrole nitrogens is 1. The Labute approximate surface area is 96.3 Å². The van der Waals surface area contributed by atoms with Crippen molar-refractivity contribution >= 4 is 0 Å². The highest BCUT2D eigenvalue weighted by Crippen LogP contribution is 2.18. The molecule has 0 amide bonds. The van der Waals surface area contributed by atoms with E-state index in [9.17, 15) is 4.79 Å². The second-order valence-corrected chi connectivity index (χ2v) is 4.81. The van der Waals surface area contributed by atoms with Crippen LogP contribution in [-0.4, -0.2) is 11.0 Å². The van der Waals surface area contributed by atoms with E-state index in [4.69, 9.17) is 0 Å². The predicted molar refractivity (Wildman–Crippen MR) is 65.6 cm³/mol. The Bertz CT molecular complexity index is 416. The van der Waals surface area contributed by atoms with Crippen molar-refractivity contribution in [1.82, 2.24) is 10.3 Å². The largest absolute Gasteiger partial charge is 0.326 e. The van der Waals surface area contributed by atoms with Gasteiger partial charge >= 0.3 is 0 Å². The number of pyridine rings is 1. The van der Waals surface area contributed by atoms with E-state index in [-0.39, 0.29) is 5.56 Å². The Kier molecular flexibility index (Phi) is 3.44. The first-order valence-corrected chi connectivity index (χ1v) is 6.09. The Hall–Kier alpha value is -1.09. The minimum Gasteiger partial charge on any atom is -0.326 e. The van der Waals surface area contributed by atoms with Crippen LogP contribution in [0.4, 0.5) is 0 Å². The summed E-state index contributed by atoms with van der Waals surface area (Å²) >= 11 is 0. The lowest BCUT2D eigenvalue weighted by molar-refractivity contribution is 0.521. The number of hydrogen-bond donors (Lipinski definition) is 2. The standard InChI is InChI=1S/C13H20N2O/c1-9-7-10(2)15-13(16)12(9)8-14-11-5-3-4-6-11/h7,11,14H,3-6,8H2,1-2H3,(H,15,16). The van der Waals surface area contributed by atoms with Gasteiger partial charge in [-0.2, -0.15) is 0 Å². The molecule has 0 unspecified atom stereocenters. The van der Waals surface area contributed by atoms with E-state index < -0.39 is 0 Å². The summed E-state index contributed by atoms with van der Waals surface area (Å²) in [5.74, 6) is 0. The molecule has 2 N–H and O–H groups in total. The monoisotopic (exact) mass is 220 g/mol. The lowest BCUT2D eigenvalue weighted by atomic mass is 10.1. The lowest BCUT2D eigenvalue weighted by Crippen LogP contribution is -2.29. The molecule has 0 radical (unpaired) electrons. The first kappa shape index (κ1) is 11.4. The van der Waals surface area contributed by atoms with Crippen LogP contribution in [0.1, 0.15) is 42.5 Å². The molecule has 3 heteroatoms. The molecule has 0 spiro atoms. The van der Waals surface area contributed by atoms with E-state index in [2.05, 4.69) is 10.3 Å². The first-order chi connectivity index (χ1) is 7.66. The second-order valence-electron chi connectivity index (χ2n) is 4.81. The fourth-order valence-corrected chi connectivity index (χ4v) is 2.48. The molecule has 0 aromatic carbocycles. The Morgan fingerprint density at radius 1 is 1.38 bits per heavy atom. The third-order valence-corrected chi connectivity index (χ3v) is 3.42. The van der Waals surface area contributed by atoms with E-state index in [1.54, 1.807) is 0 Å². The molecule has 1 fully saturated rings. The van der Waals surface area contributed by atoms with Gasteiger partial charge < -0.3 is 10.3 Å². The topological polar surface area (TPSA) is 44.9 Å². The molecule has 1 aromatic rings. The third kappa shape index (κ3) is 2.53. The molecule has 1 aromatic heterocycles. The second kappa shape index (κ2) is 4.83. The van der Waals surface area contributed by atoms with Crippen molar-refractivity contribution in [2.24, 2.45) is 0 Å². The summed E-state index contributed by atoms with van der Waals surface area (Å²) in [6.07, 6.45) is 5.15. The molecule has 1 aliphatic carbocycles. The molecule has 0 bridgehead atoms. The summed E-state index contributed by atoms with van der Waals surface area (Å²) in [6.45, 7) is 4.63. The number of hydrogen-bond acceptors (Lipinski definition) is 2. The predicted octanol–water partition coefficient (Wildman–Crippen LogP) is 2.02. The van der Waals surface area contributed by atoms with Crippen LogP contribution in [0.15, 0.2) is 10.9 Å². The average molecular weight is 220 g/mol. The first-order valence-electron chi connectivity index (χ1n) is 6.09. The van der Waals surface area contributed by atoms with Crippen LogP contribution in [0.2, 0.25) is 0 Å². The van der Waals surface area contributed by atoms with E-state index in [1.165, 1.54) is 25.7 Å². The maximum absolute atomic E-state index is 11.8. The van der Waals surface area contributed by atoms with Gasteiger partial charge in [0.15, 0.2) is 0 Å². The van der Waals surface area contributed by atoms with Gasteiger partial charge in [-0.25, -0.2) is 0 Å². The van der Waals surface area contributed by atoms with Crippen molar-refractivity contribution in [2.75, 3.05) is 0 Å². The number of aromatic amines is 1. The fraction of sp³-hybridized carbons (Fsp3) is 0.615. The number of nitrogens with one attached hydrogen (secondary N) is 2. The van der Waals surface area contributed by atoms with Crippen molar-refractivity contribution < 1.29 is 0 Å². The number of aromatic nitrogens is 1. The van der Waals surface area contributed by atoms with Crippen LogP contribution in [0.25, 0.3) is 0 Å². The van der Waals surface area contributed by atoms with Crippen molar-refractivity contribution in [2.45, 2.75) is 52.1 Å². The maximum Gasteiger partial charge on any atom is 0.252 e. The van der Waals surface area contributed by atoms with Gasteiger partial charge in [0, 0.05) is 23.8 Å². The van der Waals surface area contributed by atoms with Crippen LogP contribution >= 0.6 is 0 Å². The Morgan fingerprint density at radius 3 is 2.69 bits per heavy atom. The molecule has 0 aliphatic heterocycles. The maximum atomic E-state index is 11.8. The highest BCUT2D eigenvalue weighted by Gasteiger charge is 2.15. The van der Waals surface area contributed by atoms with Gasteiger partial charge in [-0.05, 0) is 38.3 Å². The van der Waals surface area contributed by atoms with Crippen molar-refractivity contribution in [1.29, 1.82) is 0 Å². The van der Waals surface area contributed by atoms with E-state index in [1.807, 2.05) is 19.9 Å². The minimum absolute atomic E-state index is 0.0583. The minimum atomic E-state index is 0.0583. The average Bonchev–Trinajstić information content (AvgIpc) is 2.68. The third-order valence-electron chi connectivity index (χ3n) is 3.42. The Balaban J connectivity index is 2.06. The molecule has 1 heterocycles. The zero-order chi connectivity index (χ0) is 11.5. The highest BCUT2D eigenvalue weighted by molar-refractivity contribution is 5.24. The molecule has 1 saturated carbocycles. The van der Waals surface area contributed by atoms with Crippen LogP contribution < -0.4 is 10.9 Å². The molecule has 0 atom stereocenters. The molecular weight excluding hydrogens is 200 g/mol. The van der Waals surface area contributed by atoms with Crippen LogP contribution in [-0.2, 0) is 6.54 Å². The van der Waals surface area contributed by atoms with Crippen LogP contribution in [0.5, 0.6) is 0 Å². The normalized spacial score (nSPS) is 16.9. The van der Waals surface area contributed by atoms with Crippen LogP contribution in [0.3, 0.4) is 0 Å². The smallest absolute Gasteiger partial charge is 0.252 e. The molecule has 3 nitrogen and oxygen atoms in total. The van der Waals surface area contributed by atoms with Crippen LogP contribution in [0, 0.1) is 13.8 Å². The fourth-order valence-electron chi connectivity index (χ4n) is 2.48. The van der Waals surface area contributed by atoms with E-state index in [0.717, 1.165) is 16.8 Å². The van der Waals surface area contributed by atoms with Gasteiger partial charge in [0.2, 0.25) is 0 Å². The summed E-state index contributed by atoms with van der Waals surface area (Å²) in [5.41, 5.74) is 2.97. The van der Waals surface area contributed by atoms with Gasteiger partial charge in [0.05, 0.1) is 0 Å².